The molecule has 1 heterocycles. The van der Waals surface area contributed by atoms with E-state index in [1.807, 2.05) is 6.07 Å². The van der Waals surface area contributed by atoms with Crippen LogP contribution in [0.1, 0.15) is 21.6 Å². The zero-order chi connectivity index (χ0) is 14.0. The number of amides is 1. The van der Waals surface area contributed by atoms with E-state index in [4.69, 9.17) is 28.5 Å². The van der Waals surface area contributed by atoms with Gasteiger partial charge in [-0.1, -0.05) is 28.4 Å². The van der Waals surface area contributed by atoms with Crippen molar-refractivity contribution in [1.29, 1.82) is 5.26 Å². The number of carbonyl (C=O) groups excluding carboxylic acids is 1. The third-order valence-electron chi connectivity index (χ3n) is 2.29. The lowest BCUT2D eigenvalue weighted by Crippen LogP contribution is -2.15. The van der Waals surface area contributed by atoms with E-state index in [1.165, 1.54) is 12.1 Å². The fourth-order valence-electron chi connectivity index (χ4n) is 1.41. The Labute approximate surface area is 117 Å². The van der Waals surface area contributed by atoms with Gasteiger partial charge in [0.1, 0.15) is 11.8 Å². The van der Waals surface area contributed by atoms with Crippen LogP contribution in [-0.4, -0.2) is 16.2 Å². The number of hydrogen-bond donors (Lipinski definition) is 1. The van der Waals surface area contributed by atoms with Crippen LogP contribution < -0.4 is 5.32 Å². The minimum atomic E-state index is -0.586. The molecule has 96 valence electrons. The van der Waals surface area contributed by atoms with Gasteiger partial charge in [0.25, 0.3) is 5.91 Å². The lowest BCUT2D eigenvalue weighted by Gasteiger charge is -2.06. The van der Waals surface area contributed by atoms with Gasteiger partial charge in [-0.15, -0.1) is 0 Å². The molecular weight excluding hydrogens is 291 g/mol. The minimum Gasteiger partial charge on any atom is -0.302 e. The molecule has 6 nitrogen and oxygen atoms in total. The standard InChI is InChI=1S/C11H6Cl2N4O2/c1-5-10(17-19-16-5)15-11(18)9-6(4-14)2-7(12)3-8(9)13/h2-3H,1H3,(H,15,17,18). The van der Waals surface area contributed by atoms with Crippen LogP contribution in [0, 0.1) is 18.3 Å². The lowest BCUT2D eigenvalue weighted by atomic mass is 10.1. The summed E-state index contributed by atoms with van der Waals surface area (Å²) in [6.07, 6.45) is 0. The van der Waals surface area contributed by atoms with E-state index in [9.17, 15) is 4.79 Å². The van der Waals surface area contributed by atoms with Gasteiger partial charge >= 0.3 is 0 Å². The van der Waals surface area contributed by atoms with E-state index in [0.29, 0.717) is 5.69 Å². The summed E-state index contributed by atoms with van der Waals surface area (Å²) in [6.45, 7) is 1.61. The fraction of sp³-hybridized carbons (Fsp3) is 0.0909. The Morgan fingerprint density at radius 2 is 2.16 bits per heavy atom. The largest absolute Gasteiger partial charge is 0.302 e. The SMILES string of the molecule is Cc1nonc1NC(=O)c1c(Cl)cc(Cl)cc1C#N. The molecular formula is C11H6Cl2N4O2. The predicted octanol–water partition coefficient (Wildman–Crippen LogP) is 2.81. The minimum absolute atomic E-state index is 0.0240. The first-order chi connectivity index (χ1) is 9.02. The Kier molecular flexibility index (Phi) is 3.69. The van der Waals surface area contributed by atoms with E-state index in [-0.39, 0.29) is 27.0 Å². The van der Waals surface area contributed by atoms with Gasteiger partial charge < -0.3 is 5.32 Å². The van der Waals surface area contributed by atoms with Gasteiger partial charge in [-0.25, -0.2) is 4.63 Å². The number of halogens is 2. The fourth-order valence-corrected chi connectivity index (χ4v) is 1.99. The van der Waals surface area contributed by atoms with Gasteiger partial charge in [0.05, 0.1) is 16.1 Å². The number of benzene rings is 1. The molecule has 1 aromatic heterocycles. The van der Waals surface area contributed by atoms with Crippen molar-refractivity contribution < 1.29 is 9.42 Å². The number of aromatic nitrogens is 2. The van der Waals surface area contributed by atoms with Gasteiger partial charge in [0.15, 0.2) is 0 Å². The number of nitrogens with zero attached hydrogens (tertiary/aromatic N) is 3. The maximum atomic E-state index is 12.1. The topological polar surface area (TPSA) is 91.8 Å². The summed E-state index contributed by atoms with van der Waals surface area (Å²) in [5.41, 5.74) is 0.511. The molecule has 0 aliphatic carbocycles. The number of nitrogens with one attached hydrogen (secondary N) is 1. The molecule has 0 saturated heterocycles. The Morgan fingerprint density at radius 3 is 2.74 bits per heavy atom. The van der Waals surface area contributed by atoms with Gasteiger partial charge in [-0.3, -0.25) is 4.79 Å². The number of carbonyl (C=O) groups is 1. The van der Waals surface area contributed by atoms with E-state index < -0.39 is 5.91 Å². The van der Waals surface area contributed by atoms with Crippen molar-refractivity contribution >= 4 is 34.9 Å². The maximum absolute atomic E-state index is 12.1. The smallest absolute Gasteiger partial charge is 0.259 e. The number of anilines is 1. The quantitative estimate of drug-likeness (QED) is 0.920. The summed E-state index contributed by atoms with van der Waals surface area (Å²) in [6, 6.07) is 4.60. The number of aryl methyl sites for hydroxylation is 1. The van der Waals surface area contributed by atoms with Crippen LogP contribution in [0.5, 0.6) is 0 Å². The highest BCUT2D eigenvalue weighted by molar-refractivity contribution is 6.37. The molecule has 0 bridgehead atoms. The molecule has 8 heteroatoms. The molecule has 2 rings (SSSR count). The van der Waals surface area contributed by atoms with Crippen LogP contribution >= 0.6 is 23.2 Å². The highest BCUT2D eigenvalue weighted by Gasteiger charge is 2.19. The van der Waals surface area contributed by atoms with Crippen LogP contribution in [0.25, 0.3) is 0 Å². The Bertz CT molecular complexity index is 690. The predicted molar refractivity (Wildman–Crippen MR) is 68.2 cm³/mol. The second-order valence-corrected chi connectivity index (χ2v) is 4.42. The summed E-state index contributed by atoms with van der Waals surface area (Å²) in [4.78, 5) is 12.1. The average Bonchev–Trinajstić information content (AvgIpc) is 2.73. The molecule has 0 fully saturated rings. The first kappa shape index (κ1) is 13.3. The van der Waals surface area contributed by atoms with Crippen molar-refractivity contribution in [3.05, 3.63) is 39.0 Å². The third-order valence-corrected chi connectivity index (χ3v) is 2.80. The first-order valence-electron chi connectivity index (χ1n) is 5.02. The third kappa shape index (κ3) is 2.67. The zero-order valence-corrected chi connectivity index (χ0v) is 11.1. The van der Waals surface area contributed by atoms with Crippen molar-refractivity contribution in [3.8, 4) is 6.07 Å². The zero-order valence-electron chi connectivity index (χ0n) is 9.57. The van der Waals surface area contributed by atoms with Gasteiger partial charge in [0, 0.05) is 5.02 Å². The van der Waals surface area contributed by atoms with E-state index in [2.05, 4.69) is 20.3 Å². The van der Waals surface area contributed by atoms with Gasteiger partial charge in [-0.2, -0.15) is 5.26 Å². The molecule has 0 aliphatic rings. The Balaban J connectivity index is 2.40. The van der Waals surface area contributed by atoms with Crippen LogP contribution in [0.4, 0.5) is 5.82 Å². The van der Waals surface area contributed by atoms with Crippen molar-refractivity contribution in [2.24, 2.45) is 0 Å². The van der Waals surface area contributed by atoms with Crippen LogP contribution in [0.3, 0.4) is 0 Å². The van der Waals surface area contributed by atoms with E-state index in [0.717, 1.165) is 0 Å². The monoisotopic (exact) mass is 296 g/mol. The number of rotatable bonds is 2. The van der Waals surface area contributed by atoms with Crippen molar-refractivity contribution in [2.45, 2.75) is 6.92 Å². The van der Waals surface area contributed by atoms with E-state index in [1.54, 1.807) is 6.92 Å². The number of nitriles is 1. The summed E-state index contributed by atoms with van der Waals surface area (Å²) >= 11 is 11.7. The average molecular weight is 297 g/mol. The summed E-state index contributed by atoms with van der Waals surface area (Å²) < 4.78 is 4.45. The highest BCUT2D eigenvalue weighted by atomic mass is 35.5. The van der Waals surface area contributed by atoms with Crippen LogP contribution in [0.2, 0.25) is 10.0 Å². The number of hydrogen-bond acceptors (Lipinski definition) is 5. The Hall–Kier alpha value is -2.10. The van der Waals surface area contributed by atoms with Crippen molar-refractivity contribution in [2.75, 3.05) is 5.32 Å². The first-order valence-corrected chi connectivity index (χ1v) is 5.78. The summed E-state index contributed by atoms with van der Waals surface area (Å²) in [7, 11) is 0. The summed E-state index contributed by atoms with van der Waals surface area (Å²) in [5, 5.41) is 18.9. The molecule has 0 radical (unpaired) electrons. The van der Waals surface area contributed by atoms with E-state index >= 15 is 0 Å². The Morgan fingerprint density at radius 1 is 1.42 bits per heavy atom. The lowest BCUT2D eigenvalue weighted by molar-refractivity contribution is 0.102. The second-order valence-electron chi connectivity index (χ2n) is 3.57. The normalized spacial score (nSPS) is 10.0. The molecule has 19 heavy (non-hydrogen) atoms. The van der Waals surface area contributed by atoms with Crippen molar-refractivity contribution in [1.82, 2.24) is 10.3 Å². The molecule has 1 amide bonds. The van der Waals surface area contributed by atoms with Crippen LogP contribution in [0.15, 0.2) is 16.8 Å². The highest BCUT2D eigenvalue weighted by Crippen LogP contribution is 2.26. The molecule has 0 aliphatic heterocycles. The molecule has 0 unspecified atom stereocenters. The molecule has 0 atom stereocenters. The summed E-state index contributed by atoms with van der Waals surface area (Å²) in [5.74, 6) is -0.420. The molecule has 2 aromatic rings. The van der Waals surface area contributed by atoms with Crippen molar-refractivity contribution in [3.63, 3.8) is 0 Å². The molecule has 1 N–H and O–H groups in total. The molecule has 0 saturated carbocycles. The second kappa shape index (κ2) is 5.26. The van der Waals surface area contributed by atoms with Gasteiger partial charge in [0.2, 0.25) is 5.82 Å². The molecule has 1 aromatic carbocycles. The maximum Gasteiger partial charge on any atom is 0.259 e. The van der Waals surface area contributed by atoms with Crippen LogP contribution in [-0.2, 0) is 0 Å². The molecule has 0 spiro atoms. The van der Waals surface area contributed by atoms with Gasteiger partial charge in [-0.05, 0) is 24.2 Å².